The van der Waals surface area contributed by atoms with Crippen LogP contribution in [0, 0.1) is 5.92 Å². The summed E-state index contributed by atoms with van der Waals surface area (Å²) in [5.41, 5.74) is 11.4. The van der Waals surface area contributed by atoms with Crippen LogP contribution in [-0.4, -0.2) is 69.7 Å². The van der Waals surface area contributed by atoms with Crippen molar-refractivity contribution in [3.63, 3.8) is 0 Å². The second-order valence-electron chi connectivity index (χ2n) is 8.36. The van der Waals surface area contributed by atoms with Crippen molar-refractivity contribution in [3.05, 3.63) is 29.8 Å². The van der Waals surface area contributed by atoms with Gasteiger partial charge < -0.3 is 37.6 Å². The fraction of sp³-hybridized carbons (Fsp3) is 0.500. The second kappa shape index (κ2) is 14.2. The van der Waals surface area contributed by atoms with Crippen LogP contribution in [0.1, 0.15) is 32.3 Å². The third kappa shape index (κ3) is 10.2. The minimum absolute atomic E-state index is 0.000655. The summed E-state index contributed by atoms with van der Waals surface area (Å²) in [5, 5.41) is 26.3. The first-order valence-corrected chi connectivity index (χ1v) is 11.6. The van der Waals surface area contributed by atoms with Gasteiger partial charge in [0, 0.05) is 18.6 Å². The molecule has 0 saturated carbocycles. The molecule has 0 aliphatic carbocycles. The van der Waals surface area contributed by atoms with E-state index in [1.807, 2.05) is 0 Å². The fourth-order valence-electron chi connectivity index (χ4n) is 3.03. The number of amides is 4. The van der Waals surface area contributed by atoms with Crippen LogP contribution in [0.15, 0.2) is 24.3 Å². The van der Waals surface area contributed by atoms with E-state index >= 15 is 0 Å². The Morgan fingerprint density at radius 2 is 1.49 bits per heavy atom. The third-order valence-corrected chi connectivity index (χ3v) is 5.48. The Hall–Kier alpha value is -3.32. The van der Waals surface area contributed by atoms with Gasteiger partial charge in [-0.15, -0.1) is 0 Å². The molecular weight excluding hydrogens is 478 g/mol. The van der Waals surface area contributed by atoms with Gasteiger partial charge in [0.15, 0.2) is 0 Å². The highest BCUT2D eigenvalue weighted by Gasteiger charge is 2.31. The number of thiol groups is 1. The predicted molar refractivity (Wildman–Crippen MR) is 130 cm³/mol. The Balaban J connectivity index is 3.17. The molecule has 13 heteroatoms. The van der Waals surface area contributed by atoms with Crippen molar-refractivity contribution in [2.45, 2.75) is 57.3 Å². The van der Waals surface area contributed by atoms with E-state index in [1.54, 1.807) is 13.8 Å². The van der Waals surface area contributed by atoms with E-state index < -0.39 is 59.7 Å². The summed E-state index contributed by atoms with van der Waals surface area (Å²) in [7, 11) is 0. The predicted octanol–water partition coefficient (Wildman–Crippen LogP) is -1.35. The standard InChI is InChI=1S/C22H33N5O7S/c1-11(2)18(22(33)34)27-21(32)16(9-12-3-5-13(28)6-4-12)26-20(31)15(7-8-17(24)29)25-19(30)14(23)10-35/h3-6,11,14-16,18,28,35H,7-10,23H2,1-2H3,(H2,24,29)(H,25,30)(H,26,31)(H,27,32)(H,33,34). The highest BCUT2D eigenvalue weighted by atomic mass is 32.1. The zero-order valence-corrected chi connectivity index (χ0v) is 20.5. The number of phenols is 1. The molecule has 0 aliphatic rings. The molecule has 4 unspecified atom stereocenters. The van der Waals surface area contributed by atoms with Gasteiger partial charge in [-0.25, -0.2) is 4.79 Å². The lowest BCUT2D eigenvalue weighted by molar-refractivity contribution is -0.143. The van der Waals surface area contributed by atoms with Crippen LogP contribution in [0.25, 0.3) is 0 Å². The number of rotatable bonds is 14. The summed E-state index contributed by atoms with van der Waals surface area (Å²) < 4.78 is 0. The number of aliphatic carboxylic acids is 1. The number of aromatic hydroxyl groups is 1. The Morgan fingerprint density at radius 3 is 1.97 bits per heavy atom. The summed E-state index contributed by atoms with van der Waals surface area (Å²) >= 11 is 3.94. The van der Waals surface area contributed by atoms with E-state index in [1.165, 1.54) is 24.3 Å². The van der Waals surface area contributed by atoms with Gasteiger partial charge in [0.2, 0.25) is 23.6 Å². The van der Waals surface area contributed by atoms with Crippen molar-refractivity contribution in [2.75, 3.05) is 5.75 Å². The summed E-state index contributed by atoms with van der Waals surface area (Å²) in [6.45, 7) is 3.24. The lowest BCUT2D eigenvalue weighted by Gasteiger charge is -2.26. The maximum atomic E-state index is 13.0. The zero-order chi connectivity index (χ0) is 26.7. The third-order valence-electron chi connectivity index (χ3n) is 5.09. The first-order valence-electron chi connectivity index (χ1n) is 10.9. The van der Waals surface area contributed by atoms with Crippen LogP contribution in [0.4, 0.5) is 0 Å². The molecule has 1 aromatic carbocycles. The molecule has 0 aliphatic heterocycles. The molecule has 35 heavy (non-hydrogen) atoms. The van der Waals surface area contributed by atoms with Gasteiger partial charge in [-0.3, -0.25) is 19.2 Å². The zero-order valence-electron chi connectivity index (χ0n) is 19.6. The van der Waals surface area contributed by atoms with Crippen LogP contribution >= 0.6 is 12.6 Å². The maximum absolute atomic E-state index is 13.0. The molecule has 0 spiro atoms. The van der Waals surface area contributed by atoms with Crippen LogP contribution < -0.4 is 27.4 Å². The summed E-state index contributed by atoms with van der Waals surface area (Å²) in [5.74, 6) is -4.61. The Morgan fingerprint density at radius 1 is 0.943 bits per heavy atom. The Bertz CT molecular complexity index is 910. The summed E-state index contributed by atoms with van der Waals surface area (Å²) in [4.78, 5) is 61.1. The molecule has 0 aromatic heterocycles. The minimum atomic E-state index is -1.24. The molecule has 9 N–H and O–H groups in total. The van der Waals surface area contributed by atoms with Crippen LogP contribution in [0.5, 0.6) is 5.75 Å². The van der Waals surface area contributed by atoms with Gasteiger partial charge in [-0.05, 0) is 30.0 Å². The number of benzene rings is 1. The van der Waals surface area contributed by atoms with E-state index in [2.05, 4.69) is 28.6 Å². The molecule has 4 atom stereocenters. The monoisotopic (exact) mass is 511 g/mol. The van der Waals surface area contributed by atoms with Gasteiger partial charge >= 0.3 is 5.97 Å². The number of nitrogens with two attached hydrogens (primary N) is 2. The smallest absolute Gasteiger partial charge is 0.326 e. The minimum Gasteiger partial charge on any atom is -0.508 e. The molecule has 0 heterocycles. The quantitative estimate of drug-likeness (QED) is 0.139. The van der Waals surface area contributed by atoms with Gasteiger partial charge in [0.05, 0.1) is 6.04 Å². The summed E-state index contributed by atoms with van der Waals surface area (Å²) in [6.07, 6.45) is -0.420. The molecule has 4 amide bonds. The number of hydrogen-bond acceptors (Lipinski definition) is 8. The van der Waals surface area contributed by atoms with Crippen molar-refractivity contribution in [3.8, 4) is 5.75 Å². The number of primary amides is 1. The Kier molecular flexibility index (Phi) is 12.0. The molecule has 1 aromatic rings. The number of phenolic OH excluding ortho intramolecular Hbond substituents is 1. The molecule has 194 valence electrons. The lowest BCUT2D eigenvalue weighted by Crippen LogP contribution is -2.58. The van der Waals surface area contributed by atoms with Crippen molar-refractivity contribution in [2.24, 2.45) is 17.4 Å². The number of carboxylic acids is 1. The normalized spacial score (nSPS) is 14.3. The number of hydrogen-bond donors (Lipinski definition) is 8. The van der Waals surface area contributed by atoms with E-state index in [0.717, 1.165) is 0 Å². The second-order valence-corrected chi connectivity index (χ2v) is 8.72. The highest BCUT2D eigenvalue weighted by molar-refractivity contribution is 7.80. The lowest BCUT2D eigenvalue weighted by atomic mass is 10.0. The largest absolute Gasteiger partial charge is 0.508 e. The molecule has 0 fully saturated rings. The van der Waals surface area contributed by atoms with Gasteiger partial charge in [0.25, 0.3) is 0 Å². The first-order chi connectivity index (χ1) is 16.3. The molecule has 0 saturated heterocycles. The molecule has 1 rings (SSSR count). The van der Waals surface area contributed by atoms with Crippen molar-refractivity contribution in [1.82, 2.24) is 16.0 Å². The molecule has 12 nitrogen and oxygen atoms in total. The van der Waals surface area contributed by atoms with Crippen molar-refractivity contribution < 1.29 is 34.2 Å². The van der Waals surface area contributed by atoms with Crippen molar-refractivity contribution in [1.29, 1.82) is 0 Å². The van der Waals surface area contributed by atoms with Gasteiger partial charge in [-0.2, -0.15) is 12.6 Å². The maximum Gasteiger partial charge on any atom is 0.326 e. The number of carboxylic acid groups (broad SMARTS) is 1. The number of carbonyl (C=O) groups excluding carboxylic acids is 4. The van der Waals surface area contributed by atoms with Gasteiger partial charge in [0.1, 0.15) is 23.9 Å². The average molecular weight is 512 g/mol. The SMILES string of the molecule is CC(C)C(NC(=O)C(Cc1ccc(O)cc1)NC(=O)C(CCC(N)=O)NC(=O)C(N)CS)C(=O)O. The highest BCUT2D eigenvalue weighted by Crippen LogP contribution is 2.13. The Labute approximate surface area is 208 Å². The van der Waals surface area contributed by atoms with Crippen LogP contribution in [-0.2, 0) is 30.4 Å². The average Bonchev–Trinajstić information content (AvgIpc) is 2.79. The van der Waals surface area contributed by atoms with E-state index in [-0.39, 0.29) is 30.8 Å². The summed E-state index contributed by atoms with van der Waals surface area (Å²) in [6, 6.07) is 1.18. The van der Waals surface area contributed by atoms with Crippen LogP contribution in [0.3, 0.4) is 0 Å². The fourth-order valence-corrected chi connectivity index (χ4v) is 3.20. The molecular formula is C22H33N5O7S. The number of nitrogens with one attached hydrogen (secondary N) is 3. The molecule has 0 bridgehead atoms. The number of carbonyl (C=O) groups is 5. The van der Waals surface area contributed by atoms with E-state index in [0.29, 0.717) is 5.56 Å². The van der Waals surface area contributed by atoms with E-state index in [4.69, 9.17) is 11.5 Å². The van der Waals surface area contributed by atoms with Gasteiger partial charge in [-0.1, -0.05) is 26.0 Å². The van der Waals surface area contributed by atoms with Crippen molar-refractivity contribution >= 4 is 42.2 Å². The first kappa shape index (κ1) is 29.7. The topological polar surface area (TPSA) is 214 Å². The van der Waals surface area contributed by atoms with Crippen LogP contribution in [0.2, 0.25) is 0 Å². The van der Waals surface area contributed by atoms with E-state index in [9.17, 15) is 34.2 Å². The molecule has 0 radical (unpaired) electrons.